The van der Waals surface area contributed by atoms with E-state index in [9.17, 15) is 4.79 Å². The molecule has 150 valence electrons. The number of aryl methyl sites for hydroxylation is 1. The highest BCUT2D eigenvalue weighted by molar-refractivity contribution is 7.80. The van der Waals surface area contributed by atoms with E-state index in [1.54, 1.807) is 24.3 Å². The molecule has 4 aromatic rings. The average molecular weight is 472 g/mol. The van der Waals surface area contributed by atoms with E-state index in [4.69, 9.17) is 35.4 Å². The van der Waals surface area contributed by atoms with Crippen molar-refractivity contribution in [2.45, 2.75) is 6.92 Å². The molecule has 2 N–H and O–H groups in total. The summed E-state index contributed by atoms with van der Waals surface area (Å²) in [6.07, 6.45) is 0. The molecule has 0 saturated heterocycles. The second kappa shape index (κ2) is 8.70. The Kier molecular flexibility index (Phi) is 6.01. The summed E-state index contributed by atoms with van der Waals surface area (Å²) in [7, 11) is 0. The molecule has 0 aliphatic rings. The molecule has 4 rings (SSSR count). The Morgan fingerprint density at radius 1 is 1.03 bits per heavy atom. The smallest absolute Gasteiger partial charge is 0.257 e. The number of thiocarbonyl (C=S) groups is 1. The van der Waals surface area contributed by atoms with Gasteiger partial charge in [0.2, 0.25) is 0 Å². The first kappa shape index (κ1) is 20.8. The maximum absolute atomic E-state index is 12.4. The molecule has 0 unspecified atom stereocenters. The number of rotatable bonds is 3. The molecular formula is C22H15Cl2N3OS2. The van der Waals surface area contributed by atoms with Gasteiger partial charge in [-0.25, -0.2) is 4.98 Å². The lowest BCUT2D eigenvalue weighted by atomic mass is 10.1. The van der Waals surface area contributed by atoms with Crippen molar-refractivity contribution in [2.75, 3.05) is 5.32 Å². The Bertz CT molecular complexity index is 1240. The minimum atomic E-state index is -0.302. The monoisotopic (exact) mass is 471 g/mol. The van der Waals surface area contributed by atoms with Gasteiger partial charge in [-0.3, -0.25) is 10.1 Å². The van der Waals surface area contributed by atoms with Gasteiger partial charge in [-0.2, -0.15) is 0 Å². The van der Waals surface area contributed by atoms with E-state index in [0.29, 0.717) is 21.3 Å². The third-order valence-corrected chi connectivity index (χ3v) is 6.27. The Morgan fingerprint density at radius 3 is 2.50 bits per heavy atom. The van der Waals surface area contributed by atoms with Crippen molar-refractivity contribution in [1.29, 1.82) is 0 Å². The number of fused-ring (bicyclic) bond motifs is 1. The zero-order valence-electron chi connectivity index (χ0n) is 15.7. The van der Waals surface area contributed by atoms with Crippen LogP contribution in [-0.2, 0) is 0 Å². The number of halogens is 2. The zero-order valence-corrected chi connectivity index (χ0v) is 18.8. The second-order valence-electron chi connectivity index (χ2n) is 6.57. The minimum absolute atomic E-state index is 0.139. The first-order valence-corrected chi connectivity index (χ1v) is 10.9. The van der Waals surface area contributed by atoms with Crippen LogP contribution in [0.25, 0.3) is 20.8 Å². The molecule has 0 fully saturated rings. The summed E-state index contributed by atoms with van der Waals surface area (Å²) in [5.41, 5.74) is 3.76. The Hall–Kier alpha value is -2.51. The lowest BCUT2D eigenvalue weighted by Crippen LogP contribution is -2.34. The Labute approximate surface area is 192 Å². The molecule has 1 aromatic heterocycles. The SMILES string of the molecule is Cc1ccc(C(=O)NC(=S)Nc2cc(-c3nc4ccccc4s3)c(Cl)cc2Cl)cc1. The van der Waals surface area contributed by atoms with Gasteiger partial charge < -0.3 is 5.32 Å². The number of carbonyl (C=O) groups excluding carboxylic acids is 1. The molecule has 0 radical (unpaired) electrons. The van der Waals surface area contributed by atoms with Crippen molar-refractivity contribution in [3.63, 3.8) is 0 Å². The second-order valence-corrected chi connectivity index (χ2v) is 8.83. The molecule has 0 spiro atoms. The number of benzene rings is 3. The first-order chi connectivity index (χ1) is 14.4. The molecule has 8 heteroatoms. The van der Waals surface area contributed by atoms with Crippen LogP contribution < -0.4 is 10.6 Å². The number of hydrogen-bond donors (Lipinski definition) is 2. The number of anilines is 1. The molecule has 1 amide bonds. The molecular weight excluding hydrogens is 457 g/mol. The summed E-state index contributed by atoms with van der Waals surface area (Å²) in [6, 6.07) is 18.5. The summed E-state index contributed by atoms with van der Waals surface area (Å²) in [5.74, 6) is -0.302. The van der Waals surface area contributed by atoms with E-state index in [-0.39, 0.29) is 11.0 Å². The van der Waals surface area contributed by atoms with E-state index in [0.717, 1.165) is 26.4 Å². The maximum atomic E-state index is 12.4. The molecule has 0 bridgehead atoms. The van der Waals surface area contributed by atoms with Crippen molar-refractivity contribution < 1.29 is 4.79 Å². The molecule has 3 aromatic carbocycles. The number of hydrogen-bond acceptors (Lipinski definition) is 4. The van der Waals surface area contributed by atoms with Crippen LogP contribution in [0.15, 0.2) is 60.7 Å². The average Bonchev–Trinajstić information content (AvgIpc) is 3.14. The third-order valence-electron chi connectivity index (χ3n) is 4.37. The van der Waals surface area contributed by atoms with Gasteiger partial charge >= 0.3 is 0 Å². The summed E-state index contributed by atoms with van der Waals surface area (Å²) < 4.78 is 1.06. The highest BCUT2D eigenvalue weighted by atomic mass is 35.5. The number of thiazole rings is 1. The van der Waals surface area contributed by atoms with Gasteiger partial charge in [0.05, 0.1) is 25.9 Å². The maximum Gasteiger partial charge on any atom is 0.257 e. The predicted octanol–water partition coefficient (Wildman–Crippen LogP) is 6.71. The summed E-state index contributed by atoms with van der Waals surface area (Å²) in [4.78, 5) is 17.0. The molecule has 30 heavy (non-hydrogen) atoms. The quantitative estimate of drug-likeness (QED) is 0.326. The van der Waals surface area contributed by atoms with Crippen LogP contribution in [0.1, 0.15) is 15.9 Å². The van der Waals surface area contributed by atoms with E-state index < -0.39 is 0 Å². The van der Waals surface area contributed by atoms with Gasteiger partial charge in [0.25, 0.3) is 5.91 Å². The Morgan fingerprint density at radius 2 is 1.77 bits per heavy atom. The molecule has 0 saturated carbocycles. The van der Waals surface area contributed by atoms with Crippen molar-refractivity contribution in [2.24, 2.45) is 0 Å². The number of nitrogens with zero attached hydrogens (tertiary/aromatic N) is 1. The topological polar surface area (TPSA) is 54.0 Å². The predicted molar refractivity (Wildman–Crippen MR) is 130 cm³/mol. The number of aromatic nitrogens is 1. The van der Waals surface area contributed by atoms with E-state index >= 15 is 0 Å². The first-order valence-electron chi connectivity index (χ1n) is 8.95. The van der Waals surface area contributed by atoms with Gasteiger partial charge in [0.15, 0.2) is 5.11 Å². The number of para-hydroxylation sites is 1. The number of amides is 1. The fraction of sp³-hybridized carbons (Fsp3) is 0.0455. The molecule has 0 aliphatic heterocycles. The van der Waals surface area contributed by atoms with Crippen molar-refractivity contribution in [3.05, 3.63) is 81.8 Å². The highest BCUT2D eigenvalue weighted by Gasteiger charge is 2.15. The van der Waals surface area contributed by atoms with Crippen LogP contribution >= 0.6 is 46.8 Å². The van der Waals surface area contributed by atoms with Gasteiger partial charge in [0.1, 0.15) is 5.01 Å². The lowest BCUT2D eigenvalue weighted by molar-refractivity contribution is 0.0977. The van der Waals surface area contributed by atoms with Crippen molar-refractivity contribution in [1.82, 2.24) is 10.3 Å². The fourth-order valence-electron chi connectivity index (χ4n) is 2.83. The standard InChI is InChI=1S/C22H15Cl2N3OS2/c1-12-6-8-13(9-7-12)20(28)27-22(29)26-18-10-14(15(23)11-16(18)24)21-25-17-4-2-3-5-19(17)30-21/h2-11H,1H3,(H2,26,27,28,29). The van der Waals surface area contributed by atoms with Crippen LogP contribution in [0.3, 0.4) is 0 Å². The van der Waals surface area contributed by atoms with Gasteiger partial charge in [-0.15, -0.1) is 11.3 Å². The summed E-state index contributed by atoms with van der Waals surface area (Å²) in [6.45, 7) is 1.96. The van der Waals surface area contributed by atoms with Crippen LogP contribution in [0, 0.1) is 6.92 Å². The van der Waals surface area contributed by atoms with Crippen LogP contribution in [0.5, 0.6) is 0 Å². The molecule has 0 atom stereocenters. The fourth-order valence-corrected chi connectivity index (χ4v) is 4.60. The highest BCUT2D eigenvalue weighted by Crippen LogP contribution is 2.38. The van der Waals surface area contributed by atoms with Crippen LogP contribution in [-0.4, -0.2) is 16.0 Å². The van der Waals surface area contributed by atoms with Crippen molar-refractivity contribution >= 4 is 73.7 Å². The number of nitrogens with one attached hydrogen (secondary N) is 2. The zero-order chi connectivity index (χ0) is 21.3. The minimum Gasteiger partial charge on any atom is -0.331 e. The van der Waals surface area contributed by atoms with E-state index in [1.807, 2.05) is 43.3 Å². The largest absolute Gasteiger partial charge is 0.331 e. The Balaban J connectivity index is 1.56. The van der Waals surface area contributed by atoms with Gasteiger partial charge in [-0.1, -0.05) is 53.0 Å². The summed E-state index contributed by atoms with van der Waals surface area (Å²) in [5, 5.41) is 7.43. The molecule has 0 aliphatic carbocycles. The normalized spacial score (nSPS) is 10.8. The third kappa shape index (κ3) is 4.47. The molecule has 1 heterocycles. The van der Waals surface area contributed by atoms with Crippen LogP contribution in [0.4, 0.5) is 5.69 Å². The molecule has 4 nitrogen and oxygen atoms in total. The van der Waals surface area contributed by atoms with E-state index in [2.05, 4.69) is 15.6 Å². The van der Waals surface area contributed by atoms with Gasteiger partial charge in [0, 0.05) is 11.1 Å². The lowest BCUT2D eigenvalue weighted by Gasteiger charge is -2.13. The van der Waals surface area contributed by atoms with E-state index in [1.165, 1.54) is 11.3 Å². The number of carbonyl (C=O) groups is 1. The van der Waals surface area contributed by atoms with Crippen molar-refractivity contribution in [3.8, 4) is 10.6 Å². The summed E-state index contributed by atoms with van der Waals surface area (Å²) >= 11 is 19.6. The van der Waals surface area contributed by atoms with Gasteiger partial charge in [-0.05, 0) is 55.5 Å². The van der Waals surface area contributed by atoms with Crippen LogP contribution in [0.2, 0.25) is 10.0 Å².